The van der Waals surface area contributed by atoms with Crippen LogP contribution < -0.4 is 18.9 Å². The van der Waals surface area contributed by atoms with Gasteiger partial charge in [-0.15, -0.1) is 0 Å². The number of carbonyl (C=O) groups excluding carboxylic acids is 2. The number of ether oxygens (including phenoxy) is 4. The van der Waals surface area contributed by atoms with E-state index in [-0.39, 0.29) is 34.0 Å². The van der Waals surface area contributed by atoms with Gasteiger partial charge >= 0.3 is 11.9 Å². The van der Waals surface area contributed by atoms with Crippen molar-refractivity contribution in [2.75, 3.05) is 0 Å². The molecule has 340 valence electrons. The van der Waals surface area contributed by atoms with Gasteiger partial charge in [-0.1, -0.05) is 86.2 Å². The van der Waals surface area contributed by atoms with Crippen LogP contribution >= 0.6 is 31.9 Å². The molecule has 6 aliphatic rings. The summed E-state index contributed by atoms with van der Waals surface area (Å²) < 4.78 is 26.8. The molecule has 0 radical (unpaired) electrons. The van der Waals surface area contributed by atoms with Gasteiger partial charge in [0.05, 0.1) is 11.1 Å². The lowest BCUT2D eigenvalue weighted by molar-refractivity contribution is -0.163. The van der Waals surface area contributed by atoms with Gasteiger partial charge in [-0.3, -0.25) is 0 Å². The highest BCUT2D eigenvalue weighted by molar-refractivity contribution is 9.10. The zero-order valence-electron chi connectivity index (χ0n) is 39.1. The van der Waals surface area contributed by atoms with Gasteiger partial charge in [-0.2, -0.15) is 0 Å². The first kappa shape index (κ1) is 45.5. The van der Waals surface area contributed by atoms with Crippen molar-refractivity contribution in [3.05, 3.63) is 116 Å². The maximum atomic E-state index is 12.6. The van der Waals surface area contributed by atoms with Gasteiger partial charge in [-0.05, 0) is 208 Å². The van der Waals surface area contributed by atoms with Crippen LogP contribution in [0.2, 0.25) is 0 Å². The van der Waals surface area contributed by atoms with E-state index in [2.05, 4.69) is 87.2 Å². The van der Waals surface area contributed by atoms with E-state index in [1.165, 1.54) is 62.5 Å². The van der Waals surface area contributed by atoms with E-state index >= 15 is 0 Å². The van der Waals surface area contributed by atoms with Gasteiger partial charge < -0.3 is 18.9 Å². The van der Waals surface area contributed by atoms with Crippen LogP contribution in [-0.4, -0.2) is 23.1 Å². The van der Waals surface area contributed by atoms with Crippen molar-refractivity contribution in [2.45, 2.75) is 144 Å². The van der Waals surface area contributed by atoms with Crippen LogP contribution in [0.25, 0.3) is 0 Å². The lowest BCUT2D eigenvalue weighted by atomic mass is 9.44. The molecule has 4 aromatic carbocycles. The summed E-state index contributed by atoms with van der Waals surface area (Å²) in [5.41, 5.74) is 4.49. The Hall–Kier alpha value is -3.62. The molecular weight excluding hydrogens is 928 g/mol. The van der Waals surface area contributed by atoms with Gasteiger partial charge in [0.2, 0.25) is 0 Å². The van der Waals surface area contributed by atoms with Gasteiger partial charge in [-0.25, -0.2) is 9.59 Å². The van der Waals surface area contributed by atoms with Crippen molar-refractivity contribution >= 4 is 43.8 Å². The summed E-state index contributed by atoms with van der Waals surface area (Å²) in [6, 6.07) is 26.2. The lowest BCUT2D eigenvalue weighted by Crippen LogP contribution is -2.61. The first-order valence-electron chi connectivity index (χ1n) is 23.8. The highest BCUT2D eigenvalue weighted by atomic mass is 79.9. The Labute approximate surface area is 398 Å². The Morgan fingerprint density at radius 2 is 0.875 bits per heavy atom. The lowest BCUT2D eigenvalue weighted by Gasteiger charge is -2.63. The molecule has 8 atom stereocenters. The zero-order valence-corrected chi connectivity index (χ0v) is 42.3. The zero-order chi connectivity index (χ0) is 45.5. The molecule has 0 aromatic heterocycles. The van der Waals surface area contributed by atoms with E-state index in [0.29, 0.717) is 45.3 Å². The molecule has 0 unspecified atom stereocenters. The first-order chi connectivity index (χ1) is 30.2. The second-order valence-corrected chi connectivity index (χ2v) is 24.4. The smallest absolute Gasteiger partial charge is 0.343 e. The number of carbonyl (C=O) groups is 2. The van der Waals surface area contributed by atoms with E-state index in [4.69, 9.17) is 18.9 Å². The molecular formula is C56H66Br2O6. The largest absolute Gasteiger partial charge is 0.487 e. The summed E-state index contributed by atoms with van der Waals surface area (Å²) >= 11 is 6.81. The number of esters is 2. The molecule has 2 heterocycles. The molecule has 6 nitrogen and oxygen atoms in total. The Morgan fingerprint density at radius 1 is 0.500 bits per heavy atom. The number of hydrogen-bond acceptors (Lipinski definition) is 6. The van der Waals surface area contributed by atoms with Crippen LogP contribution in [0.4, 0.5) is 0 Å². The third-order valence-electron chi connectivity index (χ3n) is 17.7. The molecule has 0 amide bonds. The Kier molecular flexibility index (Phi) is 11.8. The monoisotopic (exact) mass is 992 g/mol. The molecule has 4 aliphatic carbocycles. The average molecular weight is 995 g/mol. The molecule has 0 saturated heterocycles. The Bertz CT molecular complexity index is 2260. The quantitative estimate of drug-likeness (QED) is 0.150. The second-order valence-electron chi connectivity index (χ2n) is 22.6. The Balaban J connectivity index is 0.000000162. The minimum Gasteiger partial charge on any atom is -0.487 e. The number of halogens is 2. The van der Waals surface area contributed by atoms with E-state index < -0.39 is 0 Å². The fourth-order valence-corrected chi connectivity index (χ4v) is 15.1. The molecule has 4 aromatic rings. The van der Waals surface area contributed by atoms with Crippen LogP contribution in [0.1, 0.15) is 151 Å². The van der Waals surface area contributed by atoms with Gasteiger partial charge in [0.15, 0.2) is 0 Å². The molecule has 2 aliphatic heterocycles. The van der Waals surface area contributed by atoms with Crippen LogP contribution in [-0.2, 0) is 12.8 Å². The Morgan fingerprint density at radius 3 is 1.25 bits per heavy atom. The average Bonchev–Trinajstić information content (AvgIpc) is 3.23. The van der Waals surface area contributed by atoms with Crippen molar-refractivity contribution in [1.29, 1.82) is 0 Å². The van der Waals surface area contributed by atoms with Crippen LogP contribution in [0.15, 0.2) is 93.9 Å². The summed E-state index contributed by atoms with van der Waals surface area (Å²) in [6.45, 7) is 19.6. The van der Waals surface area contributed by atoms with E-state index in [9.17, 15) is 9.59 Å². The predicted molar refractivity (Wildman–Crippen MR) is 260 cm³/mol. The first-order valence-corrected chi connectivity index (χ1v) is 25.4. The van der Waals surface area contributed by atoms with Gasteiger partial charge in [0, 0.05) is 20.8 Å². The third kappa shape index (κ3) is 8.28. The summed E-state index contributed by atoms with van der Waals surface area (Å²) in [6.07, 6.45) is 14.5. The summed E-state index contributed by atoms with van der Waals surface area (Å²) in [7, 11) is 0. The molecule has 0 spiro atoms. The highest BCUT2D eigenvalue weighted by Crippen LogP contribution is 2.66. The van der Waals surface area contributed by atoms with Crippen molar-refractivity contribution < 1.29 is 28.5 Å². The number of fused-ring (bicyclic) bond motifs is 8. The number of benzene rings is 4. The van der Waals surface area contributed by atoms with E-state index in [1.807, 2.05) is 60.7 Å². The van der Waals surface area contributed by atoms with Crippen molar-refractivity contribution in [3.63, 3.8) is 0 Å². The van der Waals surface area contributed by atoms with E-state index in [1.54, 1.807) is 24.3 Å². The van der Waals surface area contributed by atoms with Crippen LogP contribution in [0, 0.1) is 45.3 Å². The summed E-state index contributed by atoms with van der Waals surface area (Å²) in [4.78, 5) is 25.2. The van der Waals surface area contributed by atoms with Crippen molar-refractivity contribution in [3.8, 4) is 23.0 Å². The number of hydrogen-bond donors (Lipinski definition) is 0. The minimum atomic E-state index is -0.335. The summed E-state index contributed by atoms with van der Waals surface area (Å²) in [5.74, 6) is 4.80. The van der Waals surface area contributed by atoms with Crippen LogP contribution in [0.5, 0.6) is 23.0 Å². The standard InChI is InChI=1S/2C28H33BrO3/c2*1-26(2)13-5-14-27(3)23(26)12-15-28(4)24(27)17-19-16-21(10-11-22(19)32-28)31-25(30)18-6-8-20(29)9-7-18/h2*6-11,16,23-24H,5,12-15,17H2,1-4H3/t2*23-,24+,27-,28-/m00/s1. The topological polar surface area (TPSA) is 71.1 Å². The van der Waals surface area contributed by atoms with Crippen molar-refractivity contribution in [2.24, 2.45) is 45.3 Å². The number of rotatable bonds is 4. The highest BCUT2D eigenvalue weighted by Gasteiger charge is 2.62. The third-order valence-corrected chi connectivity index (χ3v) is 18.7. The predicted octanol–water partition coefficient (Wildman–Crippen LogP) is 15.2. The second kappa shape index (κ2) is 16.6. The minimum absolute atomic E-state index is 0.124. The van der Waals surface area contributed by atoms with E-state index in [0.717, 1.165) is 58.0 Å². The molecule has 8 heteroatoms. The summed E-state index contributed by atoms with van der Waals surface area (Å²) in [5, 5.41) is 0. The SMILES string of the molecule is CC1(C)CCC[C@]2(C)[C@H]3Cc4cc(OC(=O)c5ccc(Br)cc5)ccc4O[C@@]3(C)CC[C@@H]12.CC1(C)CCC[C@]2(C)[C@H]3Cc4cc(OC(=O)c5ccc(Br)cc5)ccc4O[C@@]3(C)CC[C@@H]12. The van der Waals surface area contributed by atoms with Crippen molar-refractivity contribution in [1.82, 2.24) is 0 Å². The van der Waals surface area contributed by atoms with Crippen LogP contribution in [0.3, 0.4) is 0 Å². The molecule has 4 fully saturated rings. The molecule has 4 saturated carbocycles. The van der Waals surface area contributed by atoms with Gasteiger partial charge in [0.25, 0.3) is 0 Å². The fourth-order valence-electron chi connectivity index (χ4n) is 14.6. The maximum absolute atomic E-state index is 12.6. The molecule has 10 rings (SSSR count). The molecule has 0 bridgehead atoms. The fraction of sp³-hybridized carbons (Fsp3) is 0.536. The molecule has 0 N–H and O–H groups in total. The normalized spacial score (nSPS) is 32.7. The van der Waals surface area contributed by atoms with Gasteiger partial charge in [0.1, 0.15) is 34.2 Å². The maximum Gasteiger partial charge on any atom is 0.343 e. The molecule has 64 heavy (non-hydrogen) atoms.